The Morgan fingerprint density at radius 2 is 1.92 bits per heavy atom. The van der Waals surface area contributed by atoms with Gasteiger partial charge in [0.15, 0.2) is 12.3 Å². The molecule has 0 bridgehead atoms. The lowest BCUT2D eigenvalue weighted by Gasteiger charge is -2.03. The number of hydrogen-bond donors (Lipinski definition) is 2. The molecular formula is C15H15N3O5S. The number of rotatable bonds is 5. The van der Waals surface area contributed by atoms with E-state index in [2.05, 4.69) is 10.3 Å². The largest absolute Gasteiger partial charge is 0.497 e. The zero-order chi connectivity index (χ0) is 17.5. The number of nitrogens with zero attached hydrogens (tertiary/aromatic N) is 1. The molecule has 0 aliphatic rings. The maximum Gasteiger partial charge on any atom is 0.358 e. The van der Waals surface area contributed by atoms with Crippen molar-refractivity contribution >= 4 is 29.2 Å². The van der Waals surface area contributed by atoms with Crippen LogP contribution in [-0.4, -0.2) is 43.7 Å². The van der Waals surface area contributed by atoms with E-state index in [-0.39, 0.29) is 5.69 Å². The second kappa shape index (κ2) is 8.06. The third kappa shape index (κ3) is 4.53. The third-order valence-corrected chi connectivity index (χ3v) is 3.76. The number of benzene rings is 1. The SMILES string of the molecule is CNC(=O)NC(=O)COC(=O)c1csc(-c2ccc(OC)cc2)n1. The van der Waals surface area contributed by atoms with E-state index in [0.717, 1.165) is 11.3 Å². The minimum atomic E-state index is -0.738. The molecule has 2 N–H and O–H groups in total. The van der Waals surface area contributed by atoms with Crippen LogP contribution in [0.4, 0.5) is 4.79 Å². The number of nitrogens with one attached hydrogen (secondary N) is 2. The summed E-state index contributed by atoms with van der Waals surface area (Å²) in [5, 5.41) is 6.37. The van der Waals surface area contributed by atoms with Crippen molar-refractivity contribution in [3.8, 4) is 16.3 Å². The first-order valence-electron chi connectivity index (χ1n) is 6.82. The van der Waals surface area contributed by atoms with Crippen LogP contribution in [0.1, 0.15) is 10.5 Å². The first-order chi connectivity index (χ1) is 11.5. The summed E-state index contributed by atoms with van der Waals surface area (Å²) < 4.78 is 9.90. The summed E-state index contributed by atoms with van der Waals surface area (Å²) in [7, 11) is 2.94. The van der Waals surface area contributed by atoms with E-state index in [1.54, 1.807) is 24.6 Å². The molecule has 126 valence electrons. The number of hydrogen-bond acceptors (Lipinski definition) is 7. The lowest BCUT2D eigenvalue weighted by atomic mass is 10.2. The maximum absolute atomic E-state index is 11.9. The van der Waals surface area contributed by atoms with Crippen molar-refractivity contribution in [1.82, 2.24) is 15.6 Å². The van der Waals surface area contributed by atoms with Gasteiger partial charge in [-0.3, -0.25) is 10.1 Å². The molecule has 0 aliphatic carbocycles. The van der Waals surface area contributed by atoms with Gasteiger partial charge in [-0.1, -0.05) is 0 Å². The van der Waals surface area contributed by atoms with Crippen molar-refractivity contribution < 1.29 is 23.9 Å². The molecule has 9 heteroatoms. The second-order valence-electron chi connectivity index (χ2n) is 4.47. The van der Waals surface area contributed by atoms with Gasteiger partial charge in [0.05, 0.1) is 7.11 Å². The Morgan fingerprint density at radius 1 is 1.21 bits per heavy atom. The van der Waals surface area contributed by atoms with Crippen molar-refractivity contribution in [3.63, 3.8) is 0 Å². The molecule has 0 spiro atoms. The van der Waals surface area contributed by atoms with Gasteiger partial charge in [-0.2, -0.15) is 0 Å². The molecule has 0 atom stereocenters. The predicted molar refractivity (Wildman–Crippen MR) is 87.0 cm³/mol. The maximum atomic E-state index is 11.9. The number of methoxy groups -OCH3 is 1. The molecule has 1 aromatic carbocycles. The normalized spacial score (nSPS) is 9.92. The van der Waals surface area contributed by atoms with Gasteiger partial charge in [0.1, 0.15) is 10.8 Å². The van der Waals surface area contributed by atoms with Crippen LogP contribution >= 0.6 is 11.3 Å². The van der Waals surface area contributed by atoms with Crippen LogP contribution in [0.2, 0.25) is 0 Å². The zero-order valence-electron chi connectivity index (χ0n) is 13.0. The minimum Gasteiger partial charge on any atom is -0.497 e. The average molecular weight is 349 g/mol. The number of amides is 3. The topological polar surface area (TPSA) is 107 Å². The molecule has 1 aromatic heterocycles. The van der Waals surface area contributed by atoms with Gasteiger partial charge in [0.25, 0.3) is 5.91 Å². The number of urea groups is 1. The van der Waals surface area contributed by atoms with E-state index in [1.165, 1.54) is 18.4 Å². The standard InChI is InChI=1S/C15H15N3O5S/c1-16-15(21)18-12(19)7-23-14(20)11-8-24-13(17-11)9-3-5-10(22-2)6-4-9/h3-6,8H,7H2,1-2H3,(H2,16,18,19,21). The van der Waals surface area contributed by atoms with Crippen LogP contribution in [0.5, 0.6) is 5.75 Å². The highest BCUT2D eigenvalue weighted by Crippen LogP contribution is 2.25. The summed E-state index contributed by atoms with van der Waals surface area (Å²) in [4.78, 5) is 38.4. The lowest BCUT2D eigenvalue weighted by Crippen LogP contribution is -2.39. The van der Waals surface area contributed by atoms with Crippen molar-refractivity contribution in [3.05, 3.63) is 35.3 Å². The first-order valence-corrected chi connectivity index (χ1v) is 7.70. The Kier molecular flexibility index (Phi) is 5.85. The summed E-state index contributed by atoms with van der Waals surface area (Å²) in [6, 6.07) is 6.55. The number of thiazole rings is 1. The molecule has 0 saturated heterocycles. The van der Waals surface area contributed by atoms with Gasteiger partial charge >= 0.3 is 12.0 Å². The van der Waals surface area contributed by atoms with Gasteiger partial charge in [0.2, 0.25) is 0 Å². The van der Waals surface area contributed by atoms with Gasteiger partial charge in [-0.05, 0) is 24.3 Å². The summed E-state index contributed by atoms with van der Waals surface area (Å²) >= 11 is 1.28. The van der Waals surface area contributed by atoms with E-state index in [9.17, 15) is 14.4 Å². The predicted octanol–water partition coefficient (Wildman–Crippen LogP) is 1.43. The molecule has 3 amide bonds. The number of imide groups is 1. The lowest BCUT2D eigenvalue weighted by molar-refractivity contribution is -0.123. The quantitative estimate of drug-likeness (QED) is 0.791. The van der Waals surface area contributed by atoms with Gasteiger partial charge in [-0.15, -0.1) is 11.3 Å². The number of esters is 1. The highest BCUT2D eigenvalue weighted by molar-refractivity contribution is 7.13. The van der Waals surface area contributed by atoms with Crippen LogP contribution in [0.25, 0.3) is 10.6 Å². The van der Waals surface area contributed by atoms with Crippen molar-refractivity contribution in [2.75, 3.05) is 20.8 Å². The molecular weight excluding hydrogens is 334 g/mol. The van der Waals surface area contributed by atoms with Crippen LogP contribution in [0.15, 0.2) is 29.6 Å². The van der Waals surface area contributed by atoms with E-state index in [4.69, 9.17) is 9.47 Å². The molecule has 0 unspecified atom stereocenters. The summed E-state index contributed by atoms with van der Waals surface area (Å²) in [6.07, 6.45) is 0. The second-order valence-corrected chi connectivity index (χ2v) is 5.33. The minimum absolute atomic E-state index is 0.0959. The summed E-state index contributed by atoms with van der Waals surface area (Å²) in [5.41, 5.74) is 0.927. The Balaban J connectivity index is 1.95. The monoisotopic (exact) mass is 349 g/mol. The molecule has 0 fully saturated rings. The molecule has 8 nitrogen and oxygen atoms in total. The molecule has 2 aromatic rings. The Labute approximate surface area is 141 Å². The van der Waals surface area contributed by atoms with Crippen molar-refractivity contribution in [2.45, 2.75) is 0 Å². The molecule has 0 saturated carbocycles. The van der Waals surface area contributed by atoms with E-state index in [0.29, 0.717) is 5.01 Å². The summed E-state index contributed by atoms with van der Waals surface area (Å²) in [5.74, 6) is -0.747. The zero-order valence-corrected chi connectivity index (χ0v) is 13.8. The number of carbonyl (C=O) groups is 3. The average Bonchev–Trinajstić information content (AvgIpc) is 3.09. The fraction of sp³-hybridized carbons (Fsp3) is 0.200. The third-order valence-electron chi connectivity index (χ3n) is 2.86. The van der Waals surface area contributed by atoms with Crippen LogP contribution in [0, 0.1) is 0 Å². The van der Waals surface area contributed by atoms with E-state index < -0.39 is 24.5 Å². The highest BCUT2D eigenvalue weighted by Gasteiger charge is 2.15. The molecule has 0 aliphatic heterocycles. The van der Waals surface area contributed by atoms with Crippen LogP contribution in [0.3, 0.4) is 0 Å². The fourth-order valence-corrected chi connectivity index (χ4v) is 2.46. The molecule has 1 heterocycles. The molecule has 0 radical (unpaired) electrons. The van der Waals surface area contributed by atoms with Gasteiger partial charge in [0, 0.05) is 18.0 Å². The van der Waals surface area contributed by atoms with Crippen LogP contribution < -0.4 is 15.4 Å². The Hall–Kier alpha value is -2.94. The van der Waals surface area contributed by atoms with Gasteiger partial charge in [-0.25, -0.2) is 14.6 Å². The number of aromatic nitrogens is 1. The number of ether oxygens (including phenoxy) is 2. The number of carbonyl (C=O) groups excluding carboxylic acids is 3. The summed E-state index contributed by atoms with van der Waals surface area (Å²) in [6.45, 7) is -0.568. The van der Waals surface area contributed by atoms with Crippen LogP contribution in [-0.2, 0) is 9.53 Å². The Bertz CT molecular complexity index is 742. The fourth-order valence-electron chi connectivity index (χ4n) is 1.66. The smallest absolute Gasteiger partial charge is 0.358 e. The molecule has 24 heavy (non-hydrogen) atoms. The van der Waals surface area contributed by atoms with E-state index in [1.807, 2.05) is 17.4 Å². The van der Waals surface area contributed by atoms with Gasteiger partial charge < -0.3 is 14.8 Å². The first kappa shape index (κ1) is 17.4. The molecule has 2 rings (SSSR count). The van der Waals surface area contributed by atoms with Crippen molar-refractivity contribution in [1.29, 1.82) is 0 Å². The Morgan fingerprint density at radius 3 is 2.54 bits per heavy atom. The van der Waals surface area contributed by atoms with Crippen molar-refractivity contribution in [2.24, 2.45) is 0 Å². The van der Waals surface area contributed by atoms with E-state index >= 15 is 0 Å². The highest BCUT2D eigenvalue weighted by atomic mass is 32.1.